The van der Waals surface area contributed by atoms with Gasteiger partial charge in [0.05, 0.1) is 5.69 Å². The molecule has 3 heterocycles. The van der Waals surface area contributed by atoms with Crippen LogP contribution in [0.3, 0.4) is 0 Å². The minimum absolute atomic E-state index is 0.106. The highest BCUT2D eigenvalue weighted by molar-refractivity contribution is 8.13. The first-order chi connectivity index (χ1) is 13.0. The predicted molar refractivity (Wildman–Crippen MR) is 101 cm³/mol. The molecule has 0 unspecified atom stereocenters. The van der Waals surface area contributed by atoms with Gasteiger partial charge in [-0.05, 0) is 30.2 Å². The lowest BCUT2D eigenvalue weighted by molar-refractivity contribution is 0.0984. The fourth-order valence-electron chi connectivity index (χ4n) is 2.80. The summed E-state index contributed by atoms with van der Waals surface area (Å²) in [5.74, 6) is 1.60. The van der Waals surface area contributed by atoms with Crippen LogP contribution in [-0.4, -0.2) is 33.3 Å². The molecule has 0 aliphatic carbocycles. The molecule has 2 aromatic heterocycles. The van der Waals surface area contributed by atoms with E-state index in [9.17, 15) is 13.6 Å². The standard InChI is InChI=1S/C19H16F2N4OS/c1-2-12-7-14(21)17(24-10-12)15(26)8-13-3-5-23-16(9-13)19(11-20)4-6-27-18(22)25-19/h1,3,5,7,9-10H,4,6,8,11H2,(H2,22,25)/t19-/m1/s1. The number of aliphatic imine (C=N–C) groups is 1. The summed E-state index contributed by atoms with van der Waals surface area (Å²) in [7, 11) is 0. The summed E-state index contributed by atoms with van der Waals surface area (Å²) in [6, 6.07) is 4.32. The summed E-state index contributed by atoms with van der Waals surface area (Å²) >= 11 is 1.36. The topological polar surface area (TPSA) is 81.2 Å². The predicted octanol–water partition coefficient (Wildman–Crippen LogP) is 2.64. The molecule has 1 aliphatic rings. The molecule has 3 rings (SSSR count). The first-order valence-corrected chi connectivity index (χ1v) is 9.11. The monoisotopic (exact) mass is 386 g/mol. The molecule has 0 aromatic carbocycles. The van der Waals surface area contributed by atoms with Crippen molar-refractivity contribution in [2.45, 2.75) is 18.4 Å². The second-order valence-electron chi connectivity index (χ2n) is 6.06. The van der Waals surface area contributed by atoms with E-state index in [1.807, 2.05) is 0 Å². The molecule has 0 radical (unpaired) electrons. The van der Waals surface area contributed by atoms with Crippen LogP contribution >= 0.6 is 11.8 Å². The van der Waals surface area contributed by atoms with E-state index in [0.717, 1.165) is 6.07 Å². The Morgan fingerprint density at radius 1 is 1.41 bits per heavy atom. The zero-order valence-corrected chi connectivity index (χ0v) is 15.1. The van der Waals surface area contributed by atoms with Gasteiger partial charge in [-0.1, -0.05) is 17.7 Å². The van der Waals surface area contributed by atoms with Crippen LogP contribution in [0.1, 0.15) is 33.7 Å². The Balaban J connectivity index is 1.87. The lowest BCUT2D eigenvalue weighted by Crippen LogP contribution is -2.34. The number of Topliss-reactive ketones (excluding diaryl/α,β-unsaturated/α-hetero) is 1. The van der Waals surface area contributed by atoms with Gasteiger partial charge in [0.2, 0.25) is 0 Å². The lowest BCUT2D eigenvalue weighted by atomic mass is 9.92. The van der Waals surface area contributed by atoms with Crippen molar-refractivity contribution < 1.29 is 13.6 Å². The number of carbonyl (C=O) groups is 1. The minimum Gasteiger partial charge on any atom is -0.379 e. The number of terminal acetylenes is 1. The fourth-order valence-corrected chi connectivity index (χ4v) is 3.69. The molecule has 0 fully saturated rings. The maximum atomic E-state index is 14.0. The number of pyridine rings is 2. The van der Waals surface area contributed by atoms with Gasteiger partial charge in [0, 0.05) is 30.1 Å². The third-order valence-electron chi connectivity index (χ3n) is 4.25. The van der Waals surface area contributed by atoms with E-state index >= 15 is 0 Å². The molecule has 0 saturated heterocycles. The molecule has 8 heteroatoms. The number of aromatic nitrogens is 2. The van der Waals surface area contributed by atoms with Crippen LogP contribution in [0.25, 0.3) is 0 Å². The van der Waals surface area contributed by atoms with Gasteiger partial charge in [0.25, 0.3) is 0 Å². The quantitative estimate of drug-likeness (QED) is 0.631. The Labute approximate surface area is 159 Å². The SMILES string of the molecule is C#Cc1cnc(C(=O)Cc2ccnc([C@]3(CF)CCSC(N)=N3)c2)c(F)c1. The van der Waals surface area contributed by atoms with Crippen molar-refractivity contribution in [2.75, 3.05) is 12.4 Å². The Bertz CT molecular complexity index is 957. The maximum absolute atomic E-state index is 14.0. The van der Waals surface area contributed by atoms with Crippen molar-refractivity contribution in [3.8, 4) is 12.3 Å². The van der Waals surface area contributed by atoms with E-state index in [1.54, 1.807) is 12.1 Å². The number of hydrogen-bond donors (Lipinski definition) is 1. The summed E-state index contributed by atoms with van der Waals surface area (Å²) in [4.78, 5) is 24.7. The van der Waals surface area contributed by atoms with Crippen molar-refractivity contribution in [1.82, 2.24) is 9.97 Å². The second kappa shape index (κ2) is 7.84. The molecule has 1 atom stereocenters. The number of carbonyl (C=O) groups excluding carboxylic acids is 1. The third kappa shape index (κ3) is 3.98. The van der Waals surface area contributed by atoms with Crippen LogP contribution in [-0.2, 0) is 12.0 Å². The van der Waals surface area contributed by atoms with E-state index in [-0.39, 0.29) is 17.7 Å². The molecule has 27 heavy (non-hydrogen) atoms. The van der Waals surface area contributed by atoms with Crippen LogP contribution in [0.2, 0.25) is 0 Å². The molecule has 0 saturated carbocycles. The van der Waals surface area contributed by atoms with Gasteiger partial charge >= 0.3 is 0 Å². The molecule has 0 amide bonds. The van der Waals surface area contributed by atoms with Gasteiger partial charge in [-0.2, -0.15) is 0 Å². The summed E-state index contributed by atoms with van der Waals surface area (Å²) in [5.41, 5.74) is 5.54. The molecule has 1 aliphatic heterocycles. The van der Waals surface area contributed by atoms with Gasteiger partial charge in [0.15, 0.2) is 16.8 Å². The molecule has 0 bridgehead atoms. The zero-order chi connectivity index (χ0) is 19.4. The Morgan fingerprint density at radius 2 is 2.22 bits per heavy atom. The normalized spacial score (nSPS) is 19.2. The average molecular weight is 386 g/mol. The summed E-state index contributed by atoms with van der Waals surface area (Å²) in [6.45, 7) is -0.748. The number of nitrogens with zero attached hydrogens (tertiary/aromatic N) is 3. The smallest absolute Gasteiger partial charge is 0.188 e. The number of rotatable bonds is 5. The van der Waals surface area contributed by atoms with Crippen molar-refractivity contribution in [1.29, 1.82) is 0 Å². The van der Waals surface area contributed by atoms with Crippen LogP contribution in [0.15, 0.2) is 35.6 Å². The Hall–Kier alpha value is -2.79. The number of thioether (sulfide) groups is 1. The number of halogens is 2. The highest BCUT2D eigenvalue weighted by Crippen LogP contribution is 2.35. The number of amidine groups is 1. The number of nitrogens with two attached hydrogens (primary N) is 1. The van der Waals surface area contributed by atoms with Gasteiger partial charge < -0.3 is 5.73 Å². The molecule has 2 N–H and O–H groups in total. The molecule has 5 nitrogen and oxygen atoms in total. The first-order valence-electron chi connectivity index (χ1n) is 8.12. The number of hydrogen-bond acceptors (Lipinski definition) is 6. The molecular formula is C19H16F2N4OS. The minimum atomic E-state index is -1.15. The van der Waals surface area contributed by atoms with E-state index < -0.39 is 23.8 Å². The van der Waals surface area contributed by atoms with Crippen molar-refractivity contribution >= 4 is 22.7 Å². The molecule has 2 aromatic rings. The fraction of sp³-hybridized carbons (Fsp3) is 0.263. The maximum Gasteiger partial charge on any atom is 0.188 e. The Kier molecular flexibility index (Phi) is 5.51. The Morgan fingerprint density at radius 3 is 2.89 bits per heavy atom. The van der Waals surface area contributed by atoms with Gasteiger partial charge in [-0.15, -0.1) is 6.42 Å². The number of alkyl halides is 1. The van der Waals surface area contributed by atoms with Crippen LogP contribution in [0, 0.1) is 18.2 Å². The second-order valence-corrected chi connectivity index (χ2v) is 7.18. The highest BCUT2D eigenvalue weighted by Gasteiger charge is 2.36. The van der Waals surface area contributed by atoms with Crippen molar-refractivity contribution in [3.05, 3.63) is 58.9 Å². The van der Waals surface area contributed by atoms with E-state index in [2.05, 4.69) is 20.9 Å². The molecule has 138 valence electrons. The third-order valence-corrected chi connectivity index (χ3v) is 5.04. The van der Waals surface area contributed by atoms with Crippen molar-refractivity contribution in [3.63, 3.8) is 0 Å². The largest absolute Gasteiger partial charge is 0.379 e. The van der Waals surface area contributed by atoms with E-state index in [1.165, 1.54) is 24.2 Å². The zero-order valence-electron chi connectivity index (χ0n) is 14.3. The van der Waals surface area contributed by atoms with E-state index in [4.69, 9.17) is 12.2 Å². The summed E-state index contributed by atoms with van der Waals surface area (Å²) < 4.78 is 27.9. The van der Waals surface area contributed by atoms with Gasteiger partial charge in [-0.3, -0.25) is 9.78 Å². The van der Waals surface area contributed by atoms with Crippen LogP contribution in [0.5, 0.6) is 0 Å². The van der Waals surface area contributed by atoms with Crippen LogP contribution < -0.4 is 5.73 Å². The van der Waals surface area contributed by atoms with E-state index in [0.29, 0.717) is 28.6 Å². The first kappa shape index (κ1) is 19.0. The van der Waals surface area contributed by atoms with Gasteiger partial charge in [0.1, 0.15) is 17.9 Å². The van der Waals surface area contributed by atoms with Crippen molar-refractivity contribution in [2.24, 2.45) is 10.7 Å². The lowest BCUT2D eigenvalue weighted by Gasteiger charge is -2.30. The molecular weight excluding hydrogens is 370 g/mol. The average Bonchev–Trinajstić information content (AvgIpc) is 2.67. The highest BCUT2D eigenvalue weighted by atomic mass is 32.2. The van der Waals surface area contributed by atoms with Crippen LogP contribution in [0.4, 0.5) is 8.78 Å². The summed E-state index contributed by atoms with van der Waals surface area (Å²) in [6.07, 6.45) is 8.28. The summed E-state index contributed by atoms with van der Waals surface area (Å²) in [5, 5.41) is 0.307. The molecule has 0 spiro atoms. The number of ketones is 1. The van der Waals surface area contributed by atoms with Gasteiger partial charge in [-0.25, -0.2) is 18.8 Å².